The summed E-state index contributed by atoms with van der Waals surface area (Å²) in [4.78, 5) is 14.4. The molecule has 1 saturated heterocycles. The van der Waals surface area contributed by atoms with E-state index in [0.29, 0.717) is 31.0 Å². The summed E-state index contributed by atoms with van der Waals surface area (Å²) in [6.45, 7) is 4.03. The molecule has 1 aromatic heterocycles. The van der Waals surface area contributed by atoms with Crippen LogP contribution >= 0.6 is 0 Å². The van der Waals surface area contributed by atoms with E-state index in [1.807, 2.05) is 11.8 Å². The van der Waals surface area contributed by atoms with Gasteiger partial charge in [0, 0.05) is 32.5 Å². The third-order valence-corrected chi connectivity index (χ3v) is 4.97. The molecule has 6 nitrogen and oxygen atoms in total. The molecule has 0 saturated carbocycles. The highest BCUT2D eigenvalue weighted by Gasteiger charge is 2.30. The second-order valence-electron chi connectivity index (χ2n) is 7.44. The molecular weight excluding hydrogens is 399 g/mol. The lowest BCUT2D eigenvalue weighted by Gasteiger charge is -2.25. The van der Waals surface area contributed by atoms with Crippen LogP contribution in [-0.4, -0.2) is 46.8 Å². The van der Waals surface area contributed by atoms with Crippen molar-refractivity contribution in [2.75, 3.05) is 19.7 Å². The Morgan fingerprint density at radius 3 is 2.77 bits per heavy atom. The van der Waals surface area contributed by atoms with Gasteiger partial charge in [-0.15, -0.1) is 10.2 Å². The summed E-state index contributed by atoms with van der Waals surface area (Å²) in [6.07, 6.45) is -0.817. The van der Waals surface area contributed by atoms with Crippen LogP contribution in [0, 0.1) is 0 Å². The summed E-state index contributed by atoms with van der Waals surface area (Å²) in [5.41, 5.74) is -0.283. The SMILES string of the molecule is CCCN(CC1CCCO1)C(=O)CCc1nnc(Cc2cccc(C(F)(F)F)c2)o1. The Bertz CT molecular complexity index is 832. The van der Waals surface area contributed by atoms with Crippen LogP contribution in [-0.2, 0) is 28.5 Å². The van der Waals surface area contributed by atoms with Gasteiger partial charge < -0.3 is 14.1 Å². The lowest BCUT2D eigenvalue weighted by Crippen LogP contribution is -2.38. The number of rotatable bonds is 9. The number of hydrogen-bond donors (Lipinski definition) is 0. The molecule has 0 radical (unpaired) electrons. The van der Waals surface area contributed by atoms with Gasteiger partial charge in [0.25, 0.3) is 0 Å². The number of ether oxygens (including phenoxy) is 1. The first kappa shape index (κ1) is 22.3. The van der Waals surface area contributed by atoms with Crippen molar-refractivity contribution in [2.45, 2.75) is 57.7 Å². The summed E-state index contributed by atoms with van der Waals surface area (Å²) in [5.74, 6) is 0.533. The Balaban J connectivity index is 1.54. The zero-order valence-corrected chi connectivity index (χ0v) is 17.0. The van der Waals surface area contributed by atoms with Crippen LogP contribution in [0.3, 0.4) is 0 Å². The third-order valence-electron chi connectivity index (χ3n) is 4.97. The first-order valence-electron chi connectivity index (χ1n) is 10.2. The van der Waals surface area contributed by atoms with Crippen molar-refractivity contribution in [3.8, 4) is 0 Å². The number of aromatic nitrogens is 2. The van der Waals surface area contributed by atoms with Crippen molar-refractivity contribution < 1.29 is 27.1 Å². The molecule has 0 bridgehead atoms. The molecule has 30 heavy (non-hydrogen) atoms. The maximum absolute atomic E-state index is 12.8. The maximum atomic E-state index is 12.8. The first-order valence-corrected chi connectivity index (χ1v) is 10.2. The van der Waals surface area contributed by atoms with E-state index in [-0.39, 0.29) is 30.7 Å². The normalized spacial score (nSPS) is 16.7. The number of nitrogens with zero attached hydrogens (tertiary/aromatic N) is 3. The molecule has 9 heteroatoms. The molecule has 3 rings (SSSR count). The monoisotopic (exact) mass is 425 g/mol. The number of amides is 1. The fraction of sp³-hybridized carbons (Fsp3) is 0.571. The van der Waals surface area contributed by atoms with E-state index in [9.17, 15) is 18.0 Å². The zero-order valence-electron chi connectivity index (χ0n) is 17.0. The van der Waals surface area contributed by atoms with E-state index in [1.54, 1.807) is 6.07 Å². The quantitative estimate of drug-likeness (QED) is 0.607. The number of aryl methyl sites for hydroxylation is 1. The van der Waals surface area contributed by atoms with Gasteiger partial charge in [0.15, 0.2) is 0 Å². The molecule has 0 aliphatic carbocycles. The molecule has 1 aliphatic heterocycles. The van der Waals surface area contributed by atoms with E-state index in [2.05, 4.69) is 10.2 Å². The minimum absolute atomic E-state index is 0.00461. The minimum atomic E-state index is -4.40. The topological polar surface area (TPSA) is 68.5 Å². The van der Waals surface area contributed by atoms with Crippen molar-refractivity contribution >= 4 is 5.91 Å². The lowest BCUT2D eigenvalue weighted by molar-refractivity contribution is -0.137. The smallest absolute Gasteiger partial charge is 0.416 e. The molecule has 1 amide bonds. The largest absolute Gasteiger partial charge is 0.425 e. The van der Waals surface area contributed by atoms with Crippen LogP contribution in [0.5, 0.6) is 0 Å². The highest BCUT2D eigenvalue weighted by molar-refractivity contribution is 5.76. The number of alkyl halides is 3. The predicted molar refractivity (Wildman–Crippen MR) is 103 cm³/mol. The molecule has 0 N–H and O–H groups in total. The van der Waals surface area contributed by atoms with Crippen LogP contribution in [0.1, 0.15) is 55.5 Å². The Hall–Kier alpha value is -2.42. The van der Waals surface area contributed by atoms with Crippen LogP contribution in [0.4, 0.5) is 13.2 Å². The first-order chi connectivity index (χ1) is 14.3. The molecule has 2 heterocycles. The van der Waals surface area contributed by atoms with Crippen molar-refractivity contribution in [3.05, 3.63) is 47.2 Å². The van der Waals surface area contributed by atoms with Gasteiger partial charge in [-0.3, -0.25) is 4.79 Å². The average molecular weight is 425 g/mol. The number of carbonyl (C=O) groups is 1. The van der Waals surface area contributed by atoms with Crippen molar-refractivity contribution in [2.24, 2.45) is 0 Å². The molecule has 2 aromatic rings. The summed E-state index contributed by atoms with van der Waals surface area (Å²) in [5, 5.41) is 7.83. The van der Waals surface area contributed by atoms with Crippen LogP contribution in [0.25, 0.3) is 0 Å². The van der Waals surface area contributed by atoms with Crippen LogP contribution in [0.15, 0.2) is 28.7 Å². The van der Waals surface area contributed by atoms with Gasteiger partial charge in [-0.1, -0.05) is 25.1 Å². The van der Waals surface area contributed by atoms with Crippen molar-refractivity contribution in [1.82, 2.24) is 15.1 Å². The molecule has 164 valence electrons. The van der Waals surface area contributed by atoms with E-state index in [1.165, 1.54) is 6.07 Å². The summed E-state index contributed by atoms with van der Waals surface area (Å²) < 4.78 is 49.7. The standard InChI is InChI=1S/C21H26F3N3O3/c1-2-10-27(14-17-7-4-11-29-17)20(28)9-8-18-25-26-19(30-18)13-15-5-3-6-16(12-15)21(22,23)24/h3,5-6,12,17H,2,4,7-11,13-14H2,1H3. The van der Waals surface area contributed by atoms with Gasteiger partial charge in [0.1, 0.15) is 0 Å². The van der Waals surface area contributed by atoms with E-state index in [0.717, 1.165) is 38.0 Å². The molecule has 1 aromatic carbocycles. The Morgan fingerprint density at radius 1 is 1.27 bits per heavy atom. The molecule has 0 spiro atoms. The number of benzene rings is 1. The van der Waals surface area contributed by atoms with Crippen molar-refractivity contribution in [3.63, 3.8) is 0 Å². The number of hydrogen-bond acceptors (Lipinski definition) is 5. The maximum Gasteiger partial charge on any atom is 0.416 e. The van der Waals surface area contributed by atoms with Gasteiger partial charge in [-0.05, 0) is 30.9 Å². The van der Waals surface area contributed by atoms with Crippen molar-refractivity contribution in [1.29, 1.82) is 0 Å². The summed E-state index contributed by atoms with van der Waals surface area (Å²) in [6, 6.07) is 5.02. The average Bonchev–Trinajstić information content (AvgIpc) is 3.37. The molecule has 1 aliphatic rings. The summed E-state index contributed by atoms with van der Waals surface area (Å²) in [7, 11) is 0. The van der Waals surface area contributed by atoms with Gasteiger partial charge in [0.05, 0.1) is 18.1 Å². The second kappa shape index (κ2) is 10.1. The number of halogens is 3. The zero-order chi connectivity index (χ0) is 21.6. The van der Waals surface area contributed by atoms with E-state index < -0.39 is 11.7 Å². The van der Waals surface area contributed by atoms with Gasteiger partial charge >= 0.3 is 6.18 Å². The minimum Gasteiger partial charge on any atom is -0.425 e. The third kappa shape index (κ3) is 6.29. The van der Waals surface area contributed by atoms with Gasteiger partial charge in [-0.2, -0.15) is 13.2 Å². The molecule has 1 fully saturated rings. The summed E-state index contributed by atoms with van der Waals surface area (Å²) >= 11 is 0. The van der Waals surface area contributed by atoms with Crippen LogP contribution < -0.4 is 0 Å². The Labute approximate surface area is 173 Å². The van der Waals surface area contributed by atoms with Gasteiger partial charge in [0.2, 0.25) is 17.7 Å². The molecule has 1 unspecified atom stereocenters. The highest BCUT2D eigenvalue weighted by atomic mass is 19.4. The second-order valence-corrected chi connectivity index (χ2v) is 7.44. The molecular formula is C21H26F3N3O3. The Kier molecular flexibility index (Phi) is 7.47. The number of carbonyl (C=O) groups excluding carboxylic acids is 1. The van der Waals surface area contributed by atoms with E-state index >= 15 is 0 Å². The predicted octanol–water partition coefficient (Wildman–Crippen LogP) is 4.03. The fourth-order valence-corrected chi connectivity index (χ4v) is 3.49. The highest BCUT2D eigenvalue weighted by Crippen LogP contribution is 2.30. The lowest BCUT2D eigenvalue weighted by atomic mass is 10.1. The van der Waals surface area contributed by atoms with Crippen LogP contribution in [0.2, 0.25) is 0 Å². The van der Waals surface area contributed by atoms with Gasteiger partial charge in [-0.25, -0.2) is 0 Å². The van der Waals surface area contributed by atoms with E-state index in [4.69, 9.17) is 9.15 Å². The molecule has 1 atom stereocenters. The fourth-order valence-electron chi connectivity index (χ4n) is 3.49. The Morgan fingerprint density at radius 2 is 2.07 bits per heavy atom.